The molecule has 0 heterocycles. The van der Waals surface area contributed by atoms with Crippen molar-refractivity contribution in [1.82, 2.24) is 0 Å². The van der Waals surface area contributed by atoms with Gasteiger partial charge < -0.3 is 0 Å². The fourth-order valence-electron chi connectivity index (χ4n) is 0.586. The van der Waals surface area contributed by atoms with Gasteiger partial charge in [0, 0.05) is 5.33 Å². The van der Waals surface area contributed by atoms with E-state index in [-0.39, 0.29) is 0 Å². The van der Waals surface area contributed by atoms with Crippen molar-refractivity contribution in [3.8, 4) is 0 Å². The Bertz CT molecular complexity index is 179. The van der Waals surface area contributed by atoms with Gasteiger partial charge in [0.05, 0.1) is 0 Å². The molecule has 0 aromatic carbocycles. The molecular weight excluding hydrogens is 200 g/mol. The van der Waals surface area contributed by atoms with Crippen LogP contribution in [0.2, 0.25) is 0 Å². The summed E-state index contributed by atoms with van der Waals surface area (Å²) in [6, 6.07) is 0. The fraction of sp³-hybridized carbons (Fsp3) is 0.600. The fourth-order valence-corrected chi connectivity index (χ4v) is 0.726. The molecular formula is C10H15Br. The minimum Gasteiger partial charge on any atom is -0.0873 e. The zero-order chi connectivity index (χ0) is 8.53. The van der Waals surface area contributed by atoms with Gasteiger partial charge in [0.1, 0.15) is 0 Å². The Balaban J connectivity index is 3.79. The van der Waals surface area contributed by atoms with Crippen molar-refractivity contribution in [1.29, 1.82) is 0 Å². The molecule has 0 spiro atoms. The van der Waals surface area contributed by atoms with E-state index in [9.17, 15) is 0 Å². The van der Waals surface area contributed by atoms with Crippen molar-refractivity contribution in [3.63, 3.8) is 0 Å². The smallest absolute Gasteiger partial charge is 0.0321 e. The summed E-state index contributed by atoms with van der Waals surface area (Å²) in [7, 11) is 0. The minimum absolute atomic E-state index is 0.890. The number of hydrogen-bond donors (Lipinski definition) is 0. The number of hydrogen-bond acceptors (Lipinski definition) is 0. The Morgan fingerprint density at radius 2 is 2.27 bits per heavy atom. The number of halogens is 1. The van der Waals surface area contributed by atoms with Crippen LogP contribution in [-0.2, 0) is 0 Å². The molecule has 62 valence electrons. The van der Waals surface area contributed by atoms with Crippen molar-refractivity contribution in [2.75, 3.05) is 5.33 Å². The lowest BCUT2D eigenvalue weighted by Gasteiger charge is -1.83. The van der Waals surface area contributed by atoms with Crippen LogP contribution >= 0.6 is 15.9 Å². The molecule has 0 radical (unpaired) electrons. The maximum Gasteiger partial charge on any atom is 0.0321 e. The summed E-state index contributed by atoms with van der Waals surface area (Å²) in [5.41, 5.74) is 7.28. The second-order valence-electron chi connectivity index (χ2n) is 2.53. The Hall–Kier alpha value is -0.220. The van der Waals surface area contributed by atoms with Gasteiger partial charge in [-0.05, 0) is 31.4 Å². The number of rotatable bonds is 4. The standard InChI is InChI=1S/C10H15Br/c1-3-4-5-6-7-8-10(2)9-11/h6H,3-5,9H2,1-2H3. The summed E-state index contributed by atoms with van der Waals surface area (Å²) < 4.78 is 0. The van der Waals surface area contributed by atoms with E-state index >= 15 is 0 Å². The summed E-state index contributed by atoms with van der Waals surface area (Å²) in [6.45, 7) is 4.23. The van der Waals surface area contributed by atoms with Crippen LogP contribution in [-0.4, -0.2) is 5.33 Å². The van der Waals surface area contributed by atoms with Gasteiger partial charge in [-0.25, -0.2) is 0 Å². The summed E-state index contributed by atoms with van der Waals surface area (Å²) in [4.78, 5) is 0. The first kappa shape index (κ1) is 10.8. The predicted molar refractivity (Wildman–Crippen MR) is 54.1 cm³/mol. The van der Waals surface area contributed by atoms with Crippen molar-refractivity contribution in [2.24, 2.45) is 0 Å². The van der Waals surface area contributed by atoms with Gasteiger partial charge in [0.25, 0.3) is 0 Å². The highest BCUT2D eigenvalue weighted by Gasteiger charge is 1.77. The Morgan fingerprint density at radius 3 is 2.82 bits per heavy atom. The van der Waals surface area contributed by atoms with Crippen LogP contribution in [0.4, 0.5) is 0 Å². The average molecular weight is 215 g/mol. The van der Waals surface area contributed by atoms with E-state index in [1.807, 2.05) is 6.92 Å². The predicted octanol–water partition coefficient (Wildman–Crippen LogP) is 3.83. The molecule has 0 rings (SSSR count). The van der Waals surface area contributed by atoms with Crippen LogP contribution in [0.15, 0.2) is 23.1 Å². The molecule has 0 aliphatic heterocycles. The molecule has 1 heteroatoms. The Labute approximate surface area is 77.8 Å². The zero-order valence-corrected chi connectivity index (χ0v) is 8.87. The summed E-state index contributed by atoms with van der Waals surface area (Å²) in [5.74, 6) is 0. The average Bonchev–Trinajstić information content (AvgIpc) is 2.04. The Morgan fingerprint density at radius 1 is 1.55 bits per heavy atom. The molecule has 0 nitrogen and oxygen atoms in total. The third kappa shape index (κ3) is 7.68. The van der Waals surface area contributed by atoms with E-state index in [0.717, 1.165) is 11.8 Å². The van der Waals surface area contributed by atoms with Crippen LogP contribution in [0.5, 0.6) is 0 Å². The summed E-state index contributed by atoms with van der Waals surface area (Å²) >= 11 is 3.34. The van der Waals surface area contributed by atoms with E-state index in [4.69, 9.17) is 0 Å². The van der Waals surface area contributed by atoms with Crippen LogP contribution in [0.1, 0.15) is 33.1 Å². The van der Waals surface area contributed by atoms with Gasteiger partial charge in [0.2, 0.25) is 0 Å². The molecule has 0 saturated carbocycles. The van der Waals surface area contributed by atoms with E-state index < -0.39 is 0 Å². The second-order valence-corrected chi connectivity index (χ2v) is 3.09. The quantitative estimate of drug-likeness (QED) is 0.380. The lowest BCUT2D eigenvalue weighted by molar-refractivity contribution is 0.815. The number of unbranched alkanes of at least 4 members (excludes halogenated alkanes) is 2. The summed E-state index contributed by atoms with van der Waals surface area (Å²) in [6.07, 6.45) is 5.68. The molecule has 11 heavy (non-hydrogen) atoms. The Kier molecular flexibility index (Phi) is 7.72. The molecule has 0 unspecified atom stereocenters. The number of allylic oxidation sites excluding steroid dienone is 2. The SMILES string of the molecule is CCCCC=C=C=C(C)CBr. The largest absolute Gasteiger partial charge is 0.0873 e. The molecule has 0 N–H and O–H groups in total. The lowest BCUT2D eigenvalue weighted by atomic mass is 10.2. The van der Waals surface area contributed by atoms with Crippen LogP contribution in [0.25, 0.3) is 0 Å². The third-order valence-corrected chi connectivity index (χ3v) is 2.13. The molecule has 0 amide bonds. The van der Waals surface area contributed by atoms with Gasteiger partial charge in [0.15, 0.2) is 0 Å². The molecule has 0 aliphatic carbocycles. The first-order valence-electron chi connectivity index (χ1n) is 4.02. The second kappa shape index (κ2) is 7.88. The van der Waals surface area contributed by atoms with Gasteiger partial charge in [-0.15, -0.1) is 0 Å². The molecule has 0 aromatic rings. The van der Waals surface area contributed by atoms with E-state index in [2.05, 4.69) is 40.4 Å². The molecule has 0 saturated heterocycles. The van der Waals surface area contributed by atoms with Crippen molar-refractivity contribution >= 4 is 15.9 Å². The highest BCUT2D eigenvalue weighted by atomic mass is 79.9. The van der Waals surface area contributed by atoms with Crippen LogP contribution in [0.3, 0.4) is 0 Å². The van der Waals surface area contributed by atoms with Crippen LogP contribution in [0, 0.1) is 0 Å². The zero-order valence-electron chi connectivity index (χ0n) is 7.28. The van der Waals surface area contributed by atoms with E-state index in [0.29, 0.717) is 0 Å². The molecule has 0 aliphatic rings. The molecule has 0 bridgehead atoms. The highest BCUT2D eigenvalue weighted by Crippen LogP contribution is 1.95. The van der Waals surface area contributed by atoms with Gasteiger partial charge in [-0.2, -0.15) is 0 Å². The highest BCUT2D eigenvalue weighted by molar-refractivity contribution is 9.09. The van der Waals surface area contributed by atoms with Gasteiger partial charge in [-0.3, -0.25) is 0 Å². The van der Waals surface area contributed by atoms with E-state index in [1.54, 1.807) is 0 Å². The first-order valence-corrected chi connectivity index (χ1v) is 5.15. The van der Waals surface area contributed by atoms with Crippen LogP contribution < -0.4 is 0 Å². The molecule has 0 atom stereocenters. The third-order valence-electron chi connectivity index (χ3n) is 1.29. The topological polar surface area (TPSA) is 0 Å². The first-order chi connectivity index (χ1) is 5.31. The maximum absolute atomic E-state index is 3.34. The molecule has 0 aromatic heterocycles. The minimum atomic E-state index is 0.890. The van der Waals surface area contributed by atoms with E-state index in [1.165, 1.54) is 18.4 Å². The van der Waals surface area contributed by atoms with Crippen molar-refractivity contribution < 1.29 is 0 Å². The lowest BCUT2D eigenvalue weighted by Crippen LogP contribution is -1.68. The van der Waals surface area contributed by atoms with Gasteiger partial charge >= 0.3 is 0 Å². The number of alkyl halides is 1. The summed E-state index contributed by atoms with van der Waals surface area (Å²) in [5, 5.41) is 0.890. The molecule has 0 fully saturated rings. The maximum atomic E-state index is 3.34. The normalized spacial score (nSPS) is 8.27. The van der Waals surface area contributed by atoms with Gasteiger partial charge in [-0.1, -0.05) is 40.7 Å². The van der Waals surface area contributed by atoms with Crippen molar-refractivity contribution in [3.05, 3.63) is 23.1 Å². The van der Waals surface area contributed by atoms with Crippen molar-refractivity contribution in [2.45, 2.75) is 33.1 Å². The monoisotopic (exact) mass is 214 g/mol.